The molecule has 40 nitrogen and oxygen atoms in total. The van der Waals surface area contributed by atoms with E-state index in [4.69, 9.17) is 52.3 Å². The summed E-state index contributed by atoms with van der Waals surface area (Å²) in [5.74, 6) is 20.7. The number of aliphatic hydroxyl groups excluding tert-OH is 1. The Hall–Kier alpha value is -22.0. The molecule has 0 atom stereocenters. The molecule has 6 heterocycles. The van der Waals surface area contributed by atoms with Gasteiger partial charge in [-0.3, -0.25) is 57.5 Å². The smallest absolute Gasteiger partial charge is 0.322 e. The summed E-state index contributed by atoms with van der Waals surface area (Å²) in [6.45, 7) is 5.44. The monoisotopic (exact) mass is 1980 g/mol. The Morgan fingerprint density at radius 3 is 0.844 bits per heavy atom. The molecule has 0 aliphatic heterocycles. The number of pyridine rings is 6. The van der Waals surface area contributed by atoms with Crippen LogP contribution in [0, 0.1) is 95.9 Å². The number of carboxylic acid groups (broad SMARTS) is 6. The van der Waals surface area contributed by atoms with Gasteiger partial charge in [0.1, 0.15) is 85.6 Å². The average molecular weight is 1980 g/mol. The fourth-order valence-electron chi connectivity index (χ4n) is 11.2. The Morgan fingerprint density at radius 1 is 0.306 bits per heavy atom. The number of carboxylic acids is 6. The molecule has 40 heteroatoms. The lowest BCUT2D eigenvalue weighted by molar-refractivity contribution is -0.136. The molecule has 0 radical (unpaired) electrons. The fourth-order valence-corrected chi connectivity index (χ4v) is 11.2. The molecular weight excluding hydrogens is 1900 g/mol. The van der Waals surface area contributed by atoms with Gasteiger partial charge < -0.3 is 103 Å². The molecule has 0 fully saturated rings. The Bertz CT molecular complexity index is 7630. The van der Waals surface area contributed by atoms with E-state index in [2.05, 4.69) is 138 Å². The van der Waals surface area contributed by atoms with Gasteiger partial charge in [-0.1, -0.05) is 186 Å². The van der Waals surface area contributed by atoms with Crippen molar-refractivity contribution in [1.29, 1.82) is 5.26 Å². The number of hydrogen-bond donors (Lipinski definition) is 19. The number of aromatic nitrogens is 6. The molecule has 0 aliphatic carbocycles. The van der Waals surface area contributed by atoms with Gasteiger partial charge in [0.25, 0.3) is 35.4 Å². The highest BCUT2D eigenvalue weighted by Gasteiger charge is 2.21. The first-order valence-corrected chi connectivity index (χ1v) is 42.3. The van der Waals surface area contributed by atoms with Crippen LogP contribution < -0.4 is 36.6 Å². The summed E-state index contributed by atoms with van der Waals surface area (Å²) in [5.41, 5.74) is 10.1. The second kappa shape index (κ2) is 56.6. The largest absolute Gasteiger partial charge is 0.505 e. The highest BCUT2D eigenvalue weighted by atomic mass is 16.5. The number of hydrogen-bond acceptors (Lipinski definition) is 27. The zero-order valence-corrected chi connectivity index (χ0v) is 76.8. The van der Waals surface area contributed by atoms with Crippen LogP contribution in [-0.4, -0.2) is 214 Å². The molecule has 147 heavy (non-hydrogen) atoms. The summed E-state index contributed by atoms with van der Waals surface area (Å²) in [4.78, 5) is 159. The van der Waals surface area contributed by atoms with Crippen LogP contribution in [0.3, 0.4) is 0 Å². The summed E-state index contributed by atoms with van der Waals surface area (Å²) in [6.07, 6.45) is 7.90. The number of rotatable bonds is 21. The topological polar surface area (TPSA) is 655 Å². The highest BCUT2D eigenvalue weighted by molar-refractivity contribution is 6.00. The van der Waals surface area contributed by atoms with Crippen molar-refractivity contribution in [2.75, 3.05) is 46.4 Å². The van der Waals surface area contributed by atoms with Crippen molar-refractivity contribution in [3.05, 3.63) is 379 Å². The maximum Gasteiger partial charge on any atom is 0.322 e. The molecule has 0 saturated heterocycles. The lowest BCUT2D eigenvalue weighted by Gasteiger charge is -2.04. The summed E-state index contributed by atoms with van der Waals surface area (Å²) in [7, 11) is 1.56. The van der Waals surface area contributed by atoms with Crippen LogP contribution in [0.4, 0.5) is 5.69 Å². The number of nitrogens with one attached hydrogen (secondary N) is 6. The molecule has 13 aromatic rings. The van der Waals surface area contributed by atoms with E-state index < -0.39 is 122 Å². The van der Waals surface area contributed by atoms with Gasteiger partial charge in [-0.05, 0) is 127 Å². The van der Waals surface area contributed by atoms with Crippen molar-refractivity contribution in [3.8, 4) is 128 Å². The van der Waals surface area contributed by atoms with Crippen molar-refractivity contribution in [2.24, 2.45) is 0 Å². The number of carbonyl (C=O) groups is 12. The van der Waals surface area contributed by atoms with Gasteiger partial charge in [0.05, 0.1) is 25.9 Å². The molecule has 0 unspecified atom stereocenters. The van der Waals surface area contributed by atoms with Crippen molar-refractivity contribution < 1.29 is 129 Å². The normalized spacial score (nSPS) is 9.56. The molecule has 0 bridgehead atoms. The van der Waals surface area contributed by atoms with Crippen LogP contribution in [0.25, 0.3) is 16.0 Å². The third-order valence-electron chi connectivity index (χ3n) is 18.3. The Labute approximate surface area is 835 Å². The summed E-state index contributed by atoms with van der Waals surface area (Å²) < 4.78 is 5.10. The predicted molar refractivity (Wildman–Crippen MR) is 523 cm³/mol. The molecule has 7 aromatic carbocycles. The number of aliphatic carboxylic acids is 6. The zero-order valence-electron chi connectivity index (χ0n) is 76.8. The highest BCUT2D eigenvalue weighted by Crippen LogP contribution is 2.25. The van der Waals surface area contributed by atoms with Crippen LogP contribution >= 0.6 is 0 Å². The first-order chi connectivity index (χ1) is 70.5. The van der Waals surface area contributed by atoms with E-state index in [9.17, 15) is 88.2 Å². The van der Waals surface area contributed by atoms with Gasteiger partial charge in [-0.25, -0.2) is 34.7 Å². The standard InChI is InChI=1S/C22H16N2O4.2C17H11N3O4.2C17H14N2O5.C17H14N2O4/c25-19-12-16(13-23-21(19)22(28)24-14-20(26)27)7-6-15-8-10-18(11-9-15)17-4-2-1-3-5-17;1-18-13-6-4-11(5-7-13)2-3-12-8-14(21)16(19-9-12)17(24)20-10-15(22)23;18-8-13-4-2-1-3-12(13)6-5-11-7-14(21)16(19-9-11)17(24)20-10-15(22)23;20-10-12-4-1-11(2-5-12)3-6-13-7-14(21)16(18-8-13)17(24)19-9-15(22)23;1-24-13-4-2-3-11(7-13)5-6-12-8-14(20)16(18-9-12)17(23)19-10-15(21)22;1-11-2-4-12(5-3-11)6-7-13-8-14(20)16(18-9-13)17(23)19-10-15(21)22/h1-5,8-13,25H,14H2,(H,24,28)(H,26,27);4-9,21H,10H2,(H,20,24)(H,22,23);1-4,7,9,21H,10H2,(H,20,24)(H,22,23);1-2,4-5,7-8,20-21H,9-10H2,(H,19,24)(H,22,23);2-4,7-9,20H,10H2,1H3,(H,19,23)(H,21,22);2-5,8-9,20H,10H2,1H3,(H,19,23)(H,21,22). The summed E-state index contributed by atoms with van der Waals surface area (Å²) in [5, 5.41) is 141. The van der Waals surface area contributed by atoms with Gasteiger partial charge in [0.2, 0.25) is 0 Å². The third-order valence-corrected chi connectivity index (χ3v) is 18.3. The van der Waals surface area contributed by atoms with Crippen LogP contribution in [0.5, 0.6) is 40.2 Å². The third kappa shape index (κ3) is 37.8. The van der Waals surface area contributed by atoms with Crippen molar-refractivity contribution >= 4 is 76.9 Å². The molecule has 734 valence electrons. The number of benzene rings is 7. The van der Waals surface area contributed by atoms with E-state index in [0.717, 1.165) is 44.5 Å². The number of nitriles is 1. The van der Waals surface area contributed by atoms with Crippen molar-refractivity contribution in [2.45, 2.75) is 13.5 Å². The fraction of sp³-hybridized carbons (Fsp3) is 0.0841. The van der Waals surface area contributed by atoms with Crippen molar-refractivity contribution in [3.63, 3.8) is 0 Å². The Balaban J connectivity index is 0.000000215. The maximum atomic E-state index is 11.8. The van der Waals surface area contributed by atoms with Gasteiger partial charge in [0, 0.05) is 104 Å². The SMILES string of the molecule is COc1cccc(C#Cc2cnc(C(=O)NCC(=O)O)c(O)c2)c1.Cc1ccc(C#Cc2cnc(C(=O)NCC(=O)O)c(O)c2)cc1.N#Cc1ccccc1C#Cc1cnc(C(=O)NCC(=O)O)c(O)c1.O=C(O)CNC(=O)c1ncc(C#Cc2ccc(-c3ccccc3)cc2)cc1O.O=C(O)CNC(=O)c1ncc(C#Cc2ccc(CO)cc2)cc1O.[C-]#[N+]c1ccc(C#Cc2cnc(C(=O)NCC(=O)O)c(O)c2)cc1. The van der Waals surface area contributed by atoms with E-state index in [1.54, 1.807) is 104 Å². The summed E-state index contributed by atoms with van der Waals surface area (Å²) in [6, 6.07) is 62.7. The zero-order chi connectivity index (χ0) is 107. The van der Waals surface area contributed by atoms with E-state index in [-0.39, 0.29) is 63.8 Å². The number of nitrogens with zero attached hydrogens (tertiary/aromatic N) is 8. The lowest BCUT2D eigenvalue weighted by atomic mass is 10.0. The van der Waals surface area contributed by atoms with Gasteiger partial charge in [-0.15, -0.1) is 0 Å². The first-order valence-electron chi connectivity index (χ1n) is 42.3. The molecular formula is C107H80N14O26. The van der Waals surface area contributed by atoms with E-state index in [1.807, 2.05) is 91.9 Å². The number of carbonyl (C=O) groups excluding carboxylic acids is 6. The van der Waals surface area contributed by atoms with Crippen LogP contribution in [0.2, 0.25) is 0 Å². The van der Waals surface area contributed by atoms with E-state index >= 15 is 0 Å². The van der Waals surface area contributed by atoms with Gasteiger partial charge in [-0.2, -0.15) is 5.26 Å². The van der Waals surface area contributed by atoms with Gasteiger partial charge >= 0.3 is 35.8 Å². The molecule has 0 saturated carbocycles. The first kappa shape index (κ1) is 110. The summed E-state index contributed by atoms with van der Waals surface area (Å²) >= 11 is 0. The van der Waals surface area contributed by atoms with Crippen LogP contribution in [0.15, 0.2) is 250 Å². The minimum atomic E-state index is -1.21. The number of methoxy groups -OCH3 is 1. The van der Waals surface area contributed by atoms with Gasteiger partial charge in [0.15, 0.2) is 39.9 Å². The van der Waals surface area contributed by atoms with Crippen molar-refractivity contribution in [1.82, 2.24) is 61.8 Å². The molecule has 0 spiro atoms. The lowest BCUT2D eigenvalue weighted by Crippen LogP contribution is -2.29. The number of ether oxygens (including phenoxy) is 1. The second-order valence-electron chi connectivity index (χ2n) is 29.2. The number of aryl methyl sites for hydroxylation is 1. The average Bonchev–Trinajstić information content (AvgIpc) is 0.858. The Morgan fingerprint density at radius 2 is 0.565 bits per heavy atom. The molecule has 0 aliphatic rings. The maximum absolute atomic E-state index is 11.8. The molecule has 6 amide bonds. The molecule has 19 N–H and O–H groups in total. The molecule has 6 aromatic heterocycles. The minimum absolute atomic E-state index is 0.0447. The predicted octanol–water partition coefficient (Wildman–Crippen LogP) is 7.91. The number of aromatic hydroxyl groups is 6. The number of amides is 6. The van der Waals surface area contributed by atoms with Crippen LogP contribution in [0.1, 0.15) is 146 Å². The molecule has 13 rings (SSSR count). The second-order valence-corrected chi connectivity index (χ2v) is 29.2. The quantitative estimate of drug-likeness (QED) is 0.0240. The minimum Gasteiger partial charge on any atom is -0.505 e. The van der Waals surface area contributed by atoms with Crippen LogP contribution in [-0.2, 0) is 35.4 Å². The van der Waals surface area contributed by atoms with E-state index in [1.165, 1.54) is 73.6 Å². The number of aliphatic hydroxyl groups is 1. The van der Waals surface area contributed by atoms with E-state index in [0.29, 0.717) is 61.5 Å². The Kier molecular flexibility index (Phi) is 42.5.